The summed E-state index contributed by atoms with van der Waals surface area (Å²) in [5.74, 6) is 1.23. The van der Waals surface area contributed by atoms with Gasteiger partial charge in [0, 0.05) is 39.1 Å². The Bertz CT molecular complexity index is 470. The van der Waals surface area contributed by atoms with E-state index in [1.54, 1.807) is 18.4 Å². The van der Waals surface area contributed by atoms with Gasteiger partial charge in [0.05, 0.1) is 19.8 Å². The van der Waals surface area contributed by atoms with Crippen LogP contribution in [0, 0.1) is 0 Å². The first-order valence-corrected chi connectivity index (χ1v) is 8.57. The molecule has 1 saturated heterocycles. The van der Waals surface area contributed by atoms with Crippen LogP contribution in [-0.2, 0) is 11.3 Å². The average Bonchev–Trinajstić information content (AvgIpc) is 3.01. The van der Waals surface area contributed by atoms with Crippen molar-refractivity contribution in [3.63, 3.8) is 0 Å². The van der Waals surface area contributed by atoms with Gasteiger partial charge in [0.15, 0.2) is 5.96 Å². The van der Waals surface area contributed by atoms with Gasteiger partial charge in [-0.2, -0.15) is 0 Å². The minimum Gasteiger partial charge on any atom is -0.379 e. The van der Waals surface area contributed by atoms with Crippen molar-refractivity contribution < 1.29 is 4.74 Å². The highest BCUT2D eigenvalue weighted by molar-refractivity contribution is 7.11. The van der Waals surface area contributed by atoms with Gasteiger partial charge < -0.3 is 15.4 Å². The van der Waals surface area contributed by atoms with Crippen LogP contribution < -0.4 is 10.6 Å². The minimum absolute atomic E-state index is 0.428. The van der Waals surface area contributed by atoms with Crippen molar-refractivity contribution in [3.05, 3.63) is 10.0 Å². The lowest BCUT2D eigenvalue weighted by molar-refractivity contribution is 0.0389. The number of aliphatic imine (C=N–C) groups is 1. The molecular formula is C14H26N6OS. The molecule has 0 aromatic carbocycles. The van der Waals surface area contributed by atoms with E-state index in [0.717, 1.165) is 55.4 Å². The molecule has 22 heavy (non-hydrogen) atoms. The fourth-order valence-electron chi connectivity index (χ4n) is 2.11. The molecule has 124 valence electrons. The Morgan fingerprint density at radius 3 is 2.73 bits per heavy atom. The minimum atomic E-state index is 0.428. The highest BCUT2D eigenvalue weighted by Gasteiger charge is 2.10. The summed E-state index contributed by atoms with van der Waals surface area (Å²) in [6, 6.07) is 0. The molecule has 2 heterocycles. The Hall–Kier alpha value is -1.25. The summed E-state index contributed by atoms with van der Waals surface area (Å²) in [4.78, 5) is 6.63. The lowest BCUT2D eigenvalue weighted by Crippen LogP contribution is -2.44. The molecule has 1 aliphatic rings. The second kappa shape index (κ2) is 9.02. The monoisotopic (exact) mass is 326 g/mol. The summed E-state index contributed by atoms with van der Waals surface area (Å²) in [7, 11) is 1.78. The fourth-order valence-corrected chi connectivity index (χ4v) is 2.89. The van der Waals surface area contributed by atoms with Crippen molar-refractivity contribution in [1.29, 1.82) is 0 Å². The van der Waals surface area contributed by atoms with Gasteiger partial charge in [-0.25, -0.2) is 0 Å². The van der Waals surface area contributed by atoms with Crippen LogP contribution in [0.15, 0.2) is 4.99 Å². The number of nitrogens with one attached hydrogen (secondary N) is 2. The van der Waals surface area contributed by atoms with Crippen LogP contribution in [0.2, 0.25) is 0 Å². The van der Waals surface area contributed by atoms with E-state index in [1.807, 2.05) is 0 Å². The molecule has 0 unspecified atom stereocenters. The second-order valence-electron chi connectivity index (χ2n) is 5.50. The zero-order chi connectivity index (χ0) is 15.8. The van der Waals surface area contributed by atoms with E-state index < -0.39 is 0 Å². The standard InChI is InChI=1S/C14H26N6OS/c1-11(2)13-19-18-12(22-13)10-17-14(15-3)16-4-5-20-6-8-21-9-7-20/h11H,4-10H2,1-3H3,(H2,15,16,17). The molecule has 0 aliphatic carbocycles. The van der Waals surface area contributed by atoms with Gasteiger partial charge in [-0.15, -0.1) is 10.2 Å². The number of ether oxygens (including phenoxy) is 1. The topological polar surface area (TPSA) is 74.7 Å². The van der Waals surface area contributed by atoms with Crippen LogP contribution in [-0.4, -0.2) is 67.5 Å². The number of aromatic nitrogens is 2. The number of hydrogen-bond acceptors (Lipinski definition) is 6. The Morgan fingerprint density at radius 1 is 1.32 bits per heavy atom. The van der Waals surface area contributed by atoms with E-state index in [-0.39, 0.29) is 0 Å². The summed E-state index contributed by atoms with van der Waals surface area (Å²) in [6.45, 7) is 10.5. The van der Waals surface area contributed by atoms with Crippen LogP contribution in [0.5, 0.6) is 0 Å². The Morgan fingerprint density at radius 2 is 2.09 bits per heavy atom. The van der Waals surface area contributed by atoms with Crippen molar-refractivity contribution >= 4 is 17.3 Å². The van der Waals surface area contributed by atoms with Crippen molar-refractivity contribution in [3.8, 4) is 0 Å². The Kier molecular flexibility index (Phi) is 7.01. The maximum Gasteiger partial charge on any atom is 0.191 e. The predicted molar refractivity (Wildman–Crippen MR) is 89.5 cm³/mol. The number of rotatable bonds is 6. The Balaban J connectivity index is 1.68. The van der Waals surface area contributed by atoms with Crippen LogP contribution in [0.3, 0.4) is 0 Å². The predicted octanol–water partition coefficient (Wildman–Crippen LogP) is 0.659. The van der Waals surface area contributed by atoms with Crippen LogP contribution >= 0.6 is 11.3 Å². The first-order chi connectivity index (χ1) is 10.7. The maximum absolute atomic E-state index is 5.34. The first-order valence-electron chi connectivity index (χ1n) is 7.76. The molecule has 1 aliphatic heterocycles. The van der Waals surface area contributed by atoms with E-state index >= 15 is 0 Å². The summed E-state index contributed by atoms with van der Waals surface area (Å²) in [5, 5.41) is 17.1. The van der Waals surface area contributed by atoms with Gasteiger partial charge in [-0.05, 0) is 0 Å². The molecule has 1 fully saturated rings. The Labute approximate surface area is 136 Å². The van der Waals surface area contributed by atoms with Crippen LogP contribution in [0.1, 0.15) is 29.8 Å². The zero-order valence-electron chi connectivity index (χ0n) is 13.6. The van der Waals surface area contributed by atoms with E-state index in [0.29, 0.717) is 12.5 Å². The molecule has 2 rings (SSSR count). The van der Waals surface area contributed by atoms with Crippen LogP contribution in [0.4, 0.5) is 0 Å². The molecular weight excluding hydrogens is 300 g/mol. The largest absolute Gasteiger partial charge is 0.379 e. The van der Waals surface area contributed by atoms with Gasteiger partial charge in [0.2, 0.25) is 0 Å². The lowest BCUT2D eigenvalue weighted by atomic mass is 10.2. The lowest BCUT2D eigenvalue weighted by Gasteiger charge is -2.26. The van der Waals surface area contributed by atoms with E-state index in [9.17, 15) is 0 Å². The van der Waals surface area contributed by atoms with Gasteiger partial charge in [-0.3, -0.25) is 9.89 Å². The first kappa shape index (κ1) is 17.1. The number of guanidine groups is 1. The smallest absolute Gasteiger partial charge is 0.191 e. The number of nitrogens with zero attached hydrogens (tertiary/aromatic N) is 4. The SMILES string of the molecule is CN=C(NCCN1CCOCC1)NCc1nnc(C(C)C)s1. The van der Waals surface area contributed by atoms with E-state index in [4.69, 9.17) is 4.74 Å². The van der Waals surface area contributed by atoms with E-state index in [1.165, 1.54) is 0 Å². The van der Waals surface area contributed by atoms with E-state index in [2.05, 4.69) is 44.6 Å². The highest BCUT2D eigenvalue weighted by Crippen LogP contribution is 2.18. The molecule has 0 radical (unpaired) electrons. The van der Waals surface area contributed by atoms with Crippen molar-refractivity contribution in [2.75, 3.05) is 46.4 Å². The van der Waals surface area contributed by atoms with Crippen LogP contribution in [0.25, 0.3) is 0 Å². The third-order valence-corrected chi connectivity index (χ3v) is 4.66. The molecule has 2 N–H and O–H groups in total. The normalized spacial score (nSPS) is 17.0. The third-order valence-electron chi connectivity index (χ3n) is 3.43. The zero-order valence-corrected chi connectivity index (χ0v) is 14.4. The van der Waals surface area contributed by atoms with Crippen molar-refractivity contribution in [1.82, 2.24) is 25.7 Å². The van der Waals surface area contributed by atoms with Gasteiger partial charge >= 0.3 is 0 Å². The number of hydrogen-bond donors (Lipinski definition) is 2. The molecule has 0 saturated carbocycles. The molecule has 8 heteroatoms. The third kappa shape index (κ3) is 5.51. The summed E-state index contributed by atoms with van der Waals surface area (Å²) in [5.41, 5.74) is 0. The molecule has 0 atom stereocenters. The van der Waals surface area contributed by atoms with Gasteiger partial charge in [0.1, 0.15) is 10.0 Å². The molecule has 0 amide bonds. The summed E-state index contributed by atoms with van der Waals surface area (Å²) in [6.07, 6.45) is 0. The highest BCUT2D eigenvalue weighted by atomic mass is 32.1. The molecule has 7 nitrogen and oxygen atoms in total. The second-order valence-corrected chi connectivity index (χ2v) is 6.59. The van der Waals surface area contributed by atoms with Crippen molar-refractivity contribution in [2.45, 2.75) is 26.3 Å². The summed E-state index contributed by atoms with van der Waals surface area (Å²) >= 11 is 1.65. The molecule has 0 spiro atoms. The number of morpholine rings is 1. The molecule has 1 aromatic rings. The van der Waals surface area contributed by atoms with Gasteiger partial charge in [0.25, 0.3) is 0 Å². The molecule has 0 bridgehead atoms. The molecule has 1 aromatic heterocycles. The quantitative estimate of drug-likeness (QED) is 0.591. The maximum atomic E-state index is 5.34. The summed E-state index contributed by atoms with van der Waals surface area (Å²) < 4.78 is 5.34. The van der Waals surface area contributed by atoms with Gasteiger partial charge in [-0.1, -0.05) is 25.2 Å². The average molecular weight is 326 g/mol. The van der Waals surface area contributed by atoms with Crippen molar-refractivity contribution in [2.24, 2.45) is 4.99 Å². The fraction of sp³-hybridized carbons (Fsp3) is 0.786.